The predicted octanol–water partition coefficient (Wildman–Crippen LogP) is -0.419. The van der Waals surface area contributed by atoms with Crippen LogP contribution in [0.3, 0.4) is 0 Å². The Balaban J connectivity index is 2.65. The molecule has 0 saturated carbocycles. The summed E-state index contributed by atoms with van der Waals surface area (Å²) in [6.45, 7) is 9.40. The number of piperazine rings is 1. The summed E-state index contributed by atoms with van der Waals surface area (Å²) < 4.78 is 0. The van der Waals surface area contributed by atoms with Crippen molar-refractivity contribution in [2.45, 2.75) is 19.9 Å². The predicted molar refractivity (Wildman–Crippen MR) is 61.6 cm³/mol. The van der Waals surface area contributed by atoms with Crippen molar-refractivity contribution in [1.29, 1.82) is 0 Å². The van der Waals surface area contributed by atoms with E-state index in [9.17, 15) is 9.59 Å². The van der Waals surface area contributed by atoms with Gasteiger partial charge < -0.3 is 15.5 Å². The molecule has 0 aromatic carbocycles. The van der Waals surface area contributed by atoms with Crippen molar-refractivity contribution in [2.75, 3.05) is 26.2 Å². The molecule has 2 N–H and O–H groups in total. The number of nitrogens with two attached hydrogens (primary N) is 1. The highest BCUT2D eigenvalue weighted by Gasteiger charge is 2.33. The van der Waals surface area contributed by atoms with Gasteiger partial charge in [-0.3, -0.25) is 9.59 Å². The molecular weight excluding hydrogens is 206 g/mol. The average Bonchev–Trinajstić information content (AvgIpc) is 2.24. The Morgan fingerprint density at radius 3 is 2.50 bits per heavy atom. The number of hydrogen-bond donors (Lipinski definition) is 1. The molecule has 2 amide bonds. The van der Waals surface area contributed by atoms with Crippen LogP contribution in [0.4, 0.5) is 0 Å². The number of hydrogen-bond acceptors (Lipinski definition) is 3. The lowest BCUT2D eigenvalue weighted by molar-refractivity contribution is -0.156. The fourth-order valence-electron chi connectivity index (χ4n) is 1.67. The van der Waals surface area contributed by atoms with E-state index in [2.05, 4.69) is 6.58 Å². The lowest BCUT2D eigenvalue weighted by atomic mass is 10.2. The Morgan fingerprint density at radius 2 is 2.00 bits per heavy atom. The summed E-state index contributed by atoms with van der Waals surface area (Å²) in [5.41, 5.74) is 6.18. The highest BCUT2D eigenvalue weighted by Crippen LogP contribution is 2.09. The van der Waals surface area contributed by atoms with Gasteiger partial charge in [0.05, 0.1) is 0 Å². The number of amides is 2. The van der Waals surface area contributed by atoms with Crippen LogP contribution >= 0.6 is 0 Å². The van der Waals surface area contributed by atoms with E-state index in [-0.39, 0.29) is 6.04 Å². The molecule has 90 valence electrons. The Kier molecular flexibility index (Phi) is 4.06. The largest absolute Gasteiger partial charge is 0.330 e. The Hall–Kier alpha value is -1.36. The van der Waals surface area contributed by atoms with Crippen LogP contribution in [0.2, 0.25) is 0 Å². The van der Waals surface area contributed by atoms with Crippen LogP contribution in [0.5, 0.6) is 0 Å². The third-order valence-electron chi connectivity index (χ3n) is 2.67. The second-order valence-electron chi connectivity index (χ2n) is 4.27. The number of carbonyl (C=O) groups excluding carboxylic acids is 2. The molecule has 16 heavy (non-hydrogen) atoms. The summed E-state index contributed by atoms with van der Waals surface area (Å²) in [5, 5.41) is 0. The van der Waals surface area contributed by atoms with Gasteiger partial charge in [-0.15, -0.1) is 0 Å². The maximum Gasteiger partial charge on any atom is 0.312 e. The van der Waals surface area contributed by atoms with Gasteiger partial charge in [0.1, 0.15) is 0 Å². The summed E-state index contributed by atoms with van der Waals surface area (Å²) in [6, 6.07) is 0.0660. The zero-order valence-electron chi connectivity index (χ0n) is 9.90. The van der Waals surface area contributed by atoms with Crippen molar-refractivity contribution in [3.8, 4) is 0 Å². The van der Waals surface area contributed by atoms with Crippen molar-refractivity contribution in [3.05, 3.63) is 12.2 Å². The molecule has 1 aliphatic rings. The lowest BCUT2D eigenvalue weighted by Gasteiger charge is -2.36. The zero-order chi connectivity index (χ0) is 12.3. The van der Waals surface area contributed by atoms with Crippen LogP contribution in [0.15, 0.2) is 12.2 Å². The van der Waals surface area contributed by atoms with Gasteiger partial charge >= 0.3 is 11.8 Å². The molecule has 0 spiro atoms. The van der Waals surface area contributed by atoms with Gasteiger partial charge in [0.2, 0.25) is 0 Å². The molecule has 5 heteroatoms. The third-order valence-corrected chi connectivity index (χ3v) is 2.67. The Labute approximate surface area is 95.9 Å². The first-order chi connectivity index (χ1) is 7.47. The first-order valence-corrected chi connectivity index (χ1v) is 5.44. The van der Waals surface area contributed by atoms with Gasteiger partial charge in [-0.25, -0.2) is 0 Å². The molecule has 1 rings (SSSR count). The van der Waals surface area contributed by atoms with Gasteiger partial charge in [-0.1, -0.05) is 6.58 Å². The SMILES string of the molecule is C=C(CN)CN1CCN(C(C)C)C(=O)C1=O. The molecule has 1 aliphatic heterocycles. The molecule has 0 unspecified atom stereocenters. The molecule has 1 heterocycles. The second kappa shape index (κ2) is 5.12. The molecule has 0 aromatic rings. The highest BCUT2D eigenvalue weighted by molar-refractivity contribution is 6.35. The van der Waals surface area contributed by atoms with Crippen LogP contribution < -0.4 is 5.73 Å². The third kappa shape index (κ3) is 2.61. The Bertz CT molecular complexity index is 312. The van der Waals surface area contributed by atoms with E-state index in [1.165, 1.54) is 4.90 Å². The molecule has 0 aromatic heterocycles. The molecule has 5 nitrogen and oxygen atoms in total. The zero-order valence-corrected chi connectivity index (χ0v) is 9.90. The number of nitrogens with zero attached hydrogens (tertiary/aromatic N) is 2. The fraction of sp³-hybridized carbons (Fsp3) is 0.636. The molecule has 0 atom stereocenters. The highest BCUT2D eigenvalue weighted by atomic mass is 16.2. The molecule has 0 radical (unpaired) electrons. The minimum absolute atomic E-state index is 0.0660. The van der Waals surface area contributed by atoms with Gasteiger partial charge in [0, 0.05) is 32.2 Å². The van der Waals surface area contributed by atoms with Crippen molar-refractivity contribution in [1.82, 2.24) is 9.80 Å². The maximum atomic E-state index is 11.7. The van der Waals surface area contributed by atoms with E-state index in [0.29, 0.717) is 26.2 Å². The van der Waals surface area contributed by atoms with E-state index in [1.807, 2.05) is 13.8 Å². The molecule has 0 bridgehead atoms. The molecule has 0 aliphatic carbocycles. The average molecular weight is 225 g/mol. The minimum atomic E-state index is -0.449. The first kappa shape index (κ1) is 12.7. The topological polar surface area (TPSA) is 66.6 Å². The van der Waals surface area contributed by atoms with Crippen molar-refractivity contribution < 1.29 is 9.59 Å². The second-order valence-corrected chi connectivity index (χ2v) is 4.27. The van der Waals surface area contributed by atoms with E-state index in [0.717, 1.165) is 5.57 Å². The van der Waals surface area contributed by atoms with E-state index in [1.54, 1.807) is 4.90 Å². The van der Waals surface area contributed by atoms with Crippen LogP contribution in [0, 0.1) is 0 Å². The van der Waals surface area contributed by atoms with Gasteiger partial charge in [-0.2, -0.15) is 0 Å². The van der Waals surface area contributed by atoms with Crippen LogP contribution in [0.25, 0.3) is 0 Å². The summed E-state index contributed by atoms with van der Waals surface area (Å²) in [6.07, 6.45) is 0. The van der Waals surface area contributed by atoms with Crippen LogP contribution in [0.1, 0.15) is 13.8 Å². The fourth-order valence-corrected chi connectivity index (χ4v) is 1.67. The summed E-state index contributed by atoms with van der Waals surface area (Å²) >= 11 is 0. The molecule has 1 fully saturated rings. The molecule has 1 saturated heterocycles. The standard InChI is InChI=1S/C11H19N3O2/c1-8(2)14-5-4-13(7-9(3)6-12)10(15)11(14)16/h8H,3-7,12H2,1-2H3. The lowest BCUT2D eigenvalue weighted by Crippen LogP contribution is -2.56. The maximum absolute atomic E-state index is 11.7. The Morgan fingerprint density at radius 1 is 1.38 bits per heavy atom. The van der Waals surface area contributed by atoms with Crippen LogP contribution in [-0.2, 0) is 9.59 Å². The summed E-state index contributed by atoms with van der Waals surface area (Å²) in [5.74, 6) is -0.874. The van der Waals surface area contributed by atoms with E-state index in [4.69, 9.17) is 5.73 Å². The van der Waals surface area contributed by atoms with Crippen molar-refractivity contribution >= 4 is 11.8 Å². The van der Waals surface area contributed by atoms with Gasteiger partial charge in [0.25, 0.3) is 0 Å². The smallest absolute Gasteiger partial charge is 0.312 e. The molecular formula is C11H19N3O2. The van der Waals surface area contributed by atoms with E-state index < -0.39 is 11.8 Å². The first-order valence-electron chi connectivity index (χ1n) is 5.44. The van der Waals surface area contributed by atoms with Gasteiger partial charge in [-0.05, 0) is 19.4 Å². The quantitative estimate of drug-likeness (QED) is 0.522. The number of carbonyl (C=O) groups is 2. The minimum Gasteiger partial charge on any atom is -0.330 e. The summed E-state index contributed by atoms with van der Waals surface area (Å²) in [4.78, 5) is 26.6. The van der Waals surface area contributed by atoms with Crippen molar-refractivity contribution in [3.63, 3.8) is 0 Å². The van der Waals surface area contributed by atoms with Gasteiger partial charge in [0.15, 0.2) is 0 Å². The number of rotatable bonds is 4. The normalized spacial score (nSPS) is 17.2. The van der Waals surface area contributed by atoms with E-state index >= 15 is 0 Å². The van der Waals surface area contributed by atoms with Crippen LogP contribution in [-0.4, -0.2) is 53.8 Å². The van der Waals surface area contributed by atoms with Crippen molar-refractivity contribution in [2.24, 2.45) is 5.73 Å². The monoisotopic (exact) mass is 225 g/mol. The summed E-state index contributed by atoms with van der Waals surface area (Å²) in [7, 11) is 0.